The number of allylic oxidation sites excluding steroid dienone is 1. The third-order valence-corrected chi connectivity index (χ3v) is 8.22. The van der Waals surface area contributed by atoms with E-state index in [9.17, 15) is 9.50 Å². The summed E-state index contributed by atoms with van der Waals surface area (Å²) in [6.45, 7) is 7.08. The molecule has 0 aromatic carbocycles. The maximum Gasteiger partial charge on any atom is 0.159 e. The first-order valence-corrected chi connectivity index (χ1v) is 13.8. The van der Waals surface area contributed by atoms with Crippen LogP contribution in [0.3, 0.4) is 0 Å². The molecule has 4 fully saturated rings. The van der Waals surface area contributed by atoms with E-state index in [1.54, 1.807) is 0 Å². The standard InChI is InChI=1S/C30H43FO5/c1-4-5-14-30(2,3)27(36-29-11-7-9-16-34-29)13-12-23-24-18-22(25(31)20-32)17-21(24)19-26(23)35-28-10-6-8-15-33-28/h21,23-24,26-29,32H,6-11,14-20H2,1-3H3/b25-22-/t21-,23+,24-,26+,27+,28?,29?/m0/s1. The smallest absolute Gasteiger partial charge is 0.159 e. The van der Waals surface area contributed by atoms with E-state index in [1.807, 2.05) is 6.92 Å². The van der Waals surface area contributed by atoms with Crippen LogP contribution in [0.1, 0.15) is 85.0 Å². The number of halogens is 1. The molecule has 2 saturated carbocycles. The molecule has 0 bridgehead atoms. The molecule has 7 atom stereocenters. The monoisotopic (exact) mass is 502 g/mol. The number of rotatable bonds is 7. The molecular weight excluding hydrogens is 459 g/mol. The van der Waals surface area contributed by atoms with Gasteiger partial charge in [-0.25, -0.2) is 4.39 Å². The second kappa shape index (κ2) is 12.9. The lowest BCUT2D eigenvalue weighted by Crippen LogP contribution is -2.37. The predicted molar refractivity (Wildman–Crippen MR) is 136 cm³/mol. The van der Waals surface area contributed by atoms with E-state index < -0.39 is 6.61 Å². The van der Waals surface area contributed by atoms with Gasteiger partial charge in [-0.1, -0.05) is 25.7 Å². The molecule has 4 rings (SSSR count). The van der Waals surface area contributed by atoms with Crippen molar-refractivity contribution in [2.45, 2.75) is 110 Å². The molecule has 0 aromatic rings. The highest BCUT2D eigenvalue weighted by atomic mass is 19.1. The van der Waals surface area contributed by atoms with E-state index in [0.29, 0.717) is 25.2 Å². The zero-order valence-corrected chi connectivity index (χ0v) is 22.2. The van der Waals surface area contributed by atoms with Crippen LogP contribution in [-0.4, -0.2) is 49.7 Å². The molecule has 2 aliphatic heterocycles. The van der Waals surface area contributed by atoms with Gasteiger partial charge in [-0.3, -0.25) is 0 Å². The fraction of sp³-hybridized carbons (Fsp3) is 0.800. The molecule has 200 valence electrons. The van der Waals surface area contributed by atoms with Gasteiger partial charge >= 0.3 is 0 Å². The first-order valence-electron chi connectivity index (χ1n) is 13.8. The summed E-state index contributed by atoms with van der Waals surface area (Å²) in [6.07, 6.45) is 8.14. The lowest BCUT2D eigenvalue weighted by atomic mass is 9.82. The van der Waals surface area contributed by atoms with Gasteiger partial charge in [-0.05, 0) is 82.1 Å². The van der Waals surface area contributed by atoms with Gasteiger partial charge in [-0.15, -0.1) is 11.8 Å². The number of fused-ring (bicyclic) bond motifs is 1. The average Bonchev–Trinajstić information content (AvgIpc) is 3.44. The highest BCUT2D eigenvalue weighted by Gasteiger charge is 2.48. The Balaban J connectivity index is 1.57. The van der Waals surface area contributed by atoms with Crippen LogP contribution in [0, 0.1) is 46.9 Å². The minimum Gasteiger partial charge on any atom is -0.389 e. The second-order valence-corrected chi connectivity index (χ2v) is 11.4. The van der Waals surface area contributed by atoms with Crippen molar-refractivity contribution in [1.29, 1.82) is 0 Å². The topological polar surface area (TPSA) is 57.2 Å². The summed E-state index contributed by atoms with van der Waals surface area (Å²) in [5.74, 6) is 13.4. The summed E-state index contributed by atoms with van der Waals surface area (Å²) in [7, 11) is 0. The van der Waals surface area contributed by atoms with Gasteiger partial charge in [0.15, 0.2) is 12.6 Å². The summed E-state index contributed by atoms with van der Waals surface area (Å²) >= 11 is 0. The predicted octanol–water partition coefficient (Wildman–Crippen LogP) is 5.52. The SMILES string of the molecule is CC#CCC(C)(C)[C@@H](C#C[C@@H]1[C@H]2C/C(=C(\F)CO)C[C@H]2C[C@H]1OC1CCCCO1)OC1CCCCO1. The molecular formula is C30H43FO5. The normalized spacial score (nSPS) is 34.7. The van der Waals surface area contributed by atoms with Crippen LogP contribution in [0.4, 0.5) is 4.39 Å². The number of hydrogen-bond acceptors (Lipinski definition) is 5. The third kappa shape index (κ3) is 6.91. The Labute approximate surface area is 216 Å². The van der Waals surface area contributed by atoms with Gasteiger partial charge in [0, 0.05) is 25.0 Å². The van der Waals surface area contributed by atoms with Gasteiger partial charge in [0.05, 0.1) is 18.6 Å². The van der Waals surface area contributed by atoms with Crippen LogP contribution in [0.25, 0.3) is 0 Å². The fourth-order valence-corrected chi connectivity index (χ4v) is 6.05. The first kappa shape index (κ1) is 27.6. The largest absolute Gasteiger partial charge is 0.389 e. The zero-order valence-electron chi connectivity index (χ0n) is 22.2. The lowest BCUT2D eigenvalue weighted by molar-refractivity contribution is -0.194. The lowest BCUT2D eigenvalue weighted by Gasteiger charge is -2.34. The zero-order chi connectivity index (χ0) is 25.5. The van der Waals surface area contributed by atoms with Gasteiger partial charge in [-0.2, -0.15) is 0 Å². The summed E-state index contributed by atoms with van der Waals surface area (Å²) < 4.78 is 39.0. The quantitative estimate of drug-likeness (QED) is 0.465. The van der Waals surface area contributed by atoms with Crippen molar-refractivity contribution in [1.82, 2.24) is 0 Å². The van der Waals surface area contributed by atoms with Crippen molar-refractivity contribution in [2.24, 2.45) is 23.2 Å². The van der Waals surface area contributed by atoms with E-state index in [0.717, 1.165) is 63.7 Å². The van der Waals surface area contributed by atoms with Crippen LogP contribution < -0.4 is 0 Å². The molecule has 2 saturated heterocycles. The molecule has 0 aromatic heterocycles. The van der Waals surface area contributed by atoms with Crippen LogP contribution in [0.15, 0.2) is 11.4 Å². The molecule has 2 heterocycles. The van der Waals surface area contributed by atoms with Crippen molar-refractivity contribution < 1.29 is 28.4 Å². The molecule has 0 spiro atoms. The Morgan fingerprint density at radius 2 is 1.83 bits per heavy atom. The van der Waals surface area contributed by atoms with Crippen LogP contribution >= 0.6 is 0 Å². The number of hydrogen-bond donors (Lipinski definition) is 1. The van der Waals surface area contributed by atoms with Crippen molar-refractivity contribution in [2.75, 3.05) is 19.8 Å². The average molecular weight is 503 g/mol. The highest BCUT2D eigenvalue weighted by molar-refractivity contribution is 5.24. The van der Waals surface area contributed by atoms with Gasteiger partial charge in [0.2, 0.25) is 0 Å². The first-order chi connectivity index (χ1) is 17.4. The van der Waals surface area contributed by atoms with E-state index in [1.165, 1.54) is 0 Å². The number of aliphatic hydroxyl groups excluding tert-OH is 1. The molecule has 36 heavy (non-hydrogen) atoms. The van der Waals surface area contributed by atoms with E-state index in [-0.39, 0.29) is 47.9 Å². The van der Waals surface area contributed by atoms with Crippen molar-refractivity contribution >= 4 is 0 Å². The summed E-state index contributed by atoms with van der Waals surface area (Å²) in [5, 5.41) is 9.34. The van der Waals surface area contributed by atoms with Crippen LogP contribution in [-0.2, 0) is 18.9 Å². The number of ether oxygens (including phenoxy) is 4. The fourth-order valence-electron chi connectivity index (χ4n) is 6.05. The minimum atomic E-state index is -0.523. The van der Waals surface area contributed by atoms with Crippen LogP contribution in [0.2, 0.25) is 0 Å². The molecule has 5 nitrogen and oxygen atoms in total. The van der Waals surface area contributed by atoms with Crippen molar-refractivity contribution in [3.8, 4) is 23.7 Å². The summed E-state index contributed by atoms with van der Waals surface area (Å²) in [6, 6.07) is 0. The summed E-state index contributed by atoms with van der Waals surface area (Å²) in [5.41, 5.74) is 0.468. The Kier molecular flexibility index (Phi) is 9.90. The highest BCUT2D eigenvalue weighted by Crippen LogP contribution is 2.52. The Morgan fingerprint density at radius 1 is 1.11 bits per heavy atom. The molecule has 2 aliphatic carbocycles. The van der Waals surface area contributed by atoms with Gasteiger partial charge < -0.3 is 24.1 Å². The molecule has 6 heteroatoms. The van der Waals surface area contributed by atoms with E-state index in [4.69, 9.17) is 18.9 Å². The van der Waals surface area contributed by atoms with Crippen LogP contribution in [0.5, 0.6) is 0 Å². The Bertz CT molecular complexity index is 878. The molecule has 1 N–H and O–H groups in total. The summed E-state index contributed by atoms with van der Waals surface area (Å²) in [4.78, 5) is 0. The Morgan fingerprint density at radius 3 is 2.47 bits per heavy atom. The number of aliphatic hydroxyl groups is 1. The molecule has 2 unspecified atom stereocenters. The third-order valence-electron chi connectivity index (χ3n) is 8.22. The van der Waals surface area contributed by atoms with Gasteiger partial charge in [0.25, 0.3) is 0 Å². The molecule has 0 amide bonds. The molecule has 0 radical (unpaired) electrons. The second-order valence-electron chi connectivity index (χ2n) is 11.4. The van der Waals surface area contributed by atoms with Crippen molar-refractivity contribution in [3.05, 3.63) is 11.4 Å². The van der Waals surface area contributed by atoms with E-state index in [2.05, 4.69) is 37.5 Å². The maximum absolute atomic E-state index is 14.3. The maximum atomic E-state index is 14.3. The van der Waals surface area contributed by atoms with Gasteiger partial charge in [0.1, 0.15) is 11.9 Å². The molecule has 4 aliphatic rings. The van der Waals surface area contributed by atoms with E-state index >= 15 is 0 Å². The Hall–Kier alpha value is -1.41. The minimum absolute atomic E-state index is 0.0315. The van der Waals surface area contributed by atoms with Crippen molar-refractivity contribution in [3.63, 3.8) is 0 Å².